The van der Waals surface area contributed by atoms with Crippen LogP contribution in [0.3, 0.4) is 0 Å². The first kappa shape index (κ1) is 9.74. The summed E-state index contributed by atoms with van der Waals surface area (Å²) in [5.74, 6) is -4.57. The van der Waals surface area contributed by atoms with Gasteiger partial charge in [-0.1, -0.05) is 6.92 Å². The average molecular weight is 228 g/mol. The predicted octanol–water partition coefficient (Wildman–Crippen LogP) is 1.48. The van der Waals surface area contributed by atoms with Crippen molar-refractivity contribution in [3.8, 4) is 0 Å². The first-order valence-electron chi connectivity index (χ1n) is 5.05. The van der Waals surface area contributed by atoms with Crippen molar-refractivity contribution >= 4 is 5.97 Å². The topological polar surface area (TPSA) is 66.0 Å². The highest BCUT2D eigenvalue weighted by atomic mass is 19.3. The molecule has 0 radical (unpaired) electrons. The molecule has 6 heteroatoms. The zero-order valence-corrected chi connectivity index (χ0v) is 8.55. The number of aromatic amines is 1. The predicted molar refractivity (Wildman–Crippen MR) is 49.5 cm³/mol. The molecule has 2 aliphatic rings. The number of carboxylic acids is 1. The number of halogens is 2. The molecule has 86 valence electrons. The molecule has 16 heavy (non-hydrogen) atoms. The van der Waals surface area contributed by atoms with Crippen LogP contribution >= 0.6 is 0 Å². The van der Waals surface area contributed by atoms with Gasteiger partial charge in [0.15, 0.2) is 5.69 Å². The number of aromatic carboxylic acids is 1. The molecular formula is C10H10F2N2O2. The van der Waals surface area contributed by atoms with E-state index in [4.69, 9.17) is 5.11 Å². The molecule has 0 amide bonds. The first-order chi connectivity index (χ1) is 7.38. The molecule has 0 bridgehead atoms. The zero-order chi connectivity index (χ0) is 11.7. The highest BCUT2D eigenvalue weighted by Crippen LogP contribution is 2.70. The third kappa shape index (κ3) is 0.881. The van der Waals surface area contributed by atoms with Crippen molar-refractivity contribution in [3.05, 3.63) is 17.0 Å². The van der Waals surface area contributed by atoms with Crippen molar-refractivity contribution in [2.75, 3.05) is 0 Å². The molecule has 2 N–H and O–H groups in total. The maximum absolute atomic E-state index is 13.5. The van der Waals surface area contributed by atoms with Gasteiger partial charge in [0.2, 0.25) is 0 Å². The Morgan fingerprint density at radius 3 is 2.94 bits per heavy atom. The lowest BCUT2D eigenvalue weighted by Gasteiger charge is -2.14. The molecule has 2 atom stereocenters. The summed E-state index contributed by atoms with van der Waals surface area (Å²) < 4.78 is 27.0. The van der Waals surface area contributed by atoms with E-state index in [9.17, 15) is 13.6 Å². The van der Waals surface area contributed by atoms with Gasteiger partial charge in [-0.25, -0.2) is 13.6 Å². The Labute approximate surface area is 89.7 Å². The maximum atomic E-state index is 13.5. The normalized spacial score (nSPS) is 34.1. The summed E-state index contributed by atoms with van der Waals surface area (Å²) in [5.41, 5.74) is -0.123. The van der Waals surface area contributed by atoms with Gasteiger partial charge in [-0.15, -0.1) is 0 Å². The van der Waals surface area contributed by atoms with Crippen LogP contribution in [0.25, 0.3) is 0 Å². The second-order valence-corrected chi connectivity index (χ2v) is 4.81. The number of hydrogen-bond donors (Lipinski definition) is 2. The van der Waals surface area contributed by atoms with E-state index in [0.717, 1.165) is 0 Å². The minimum atomic E-state index is -2.68. The number of carbonyl (C=O) groups is 1. The Hall–Kier alpha value is -1.46. The first-order valence-corrected chi connectivity index (χ1v) is 5.05. The van der Waals surface area contributed by atoms with Crippen LogP contribution in [-0.4, -0.2) is 27.2 Å². The molecular weight excluding hydrogens is 218 g/mol. The summed E-state index contributed by atoms with van der Waals surface area (Å²) in [6.07, 6.45) is 0.289. The summed E-state index contributed by atoms with van der Waals surface area (Å²) in [7, 11) is 0. The van der Waals surface area contributed by atoms with Crippen molar-refractivity contribution in [2.24, 2.45) is 11.3 Å². The van der Waals surface area contributed by atoms with Gasteiger partial charge >= 0.3 is 5.97 Å². The van der Waals surface area contributed by atoms with Gasteiger partial charge in [0, 0.05) is 29.0 Å². The number of alkyl halides is 2. The molecule has 3 rings (SSSR count). The second kappa shape index (κ2) is 2.44. The molecule has 0 aromatic carbocycles. The molecule has 0 saturated heterocycles. The lowest BCUT2D eigenvalue weighted by atomic mass is 9.88. The Balaban J connectivity index is 2.04. The minimum absolute atomic E-state index is 0.108. The summed E-state index contributed by atoms with van der Waals surface area (Å²) in [5, 5.41) is 15.1. The van der Waals surface area contributed by atoms with Crippen molar-refractivity contribution in [1.82, 2.24) is 10.2 Å². The quantitative estimate of drug-likeness (QED) is 0.765. The molecule has 1 saturated carbocycles. The fraction of sp³-hybridized carbons (Fsp3) is 0.600. The standard InChI is InChI=1S/C10H10F2N2O2/c1-9-3-5-4(2-6(9)10(9,11)12)7(8(15)16)14-13-5/h6H,2-3H2,1H3,(H,13,14)(H,15,16)/t6-,9+/m0/s1. The Kier molecular flexibility index (Phi) is 1.49. The van der Waals surface area contributed by atoms with Crippen molar-refractivity contribution < 1.29 is 18.7 Å². The highest BCUT2D eigenvalue weighted by molar-refractivity contribution is 5.87. The molecule has 0 aliphatic heterocycles. The van der Waals surface area contributed by atoms with Crippen LogP contribution in [0.5, 0.6) is 0 Å². The number of fused-ring (bicyclic) bond motifs is 2. The number of nitrogens with one attached hydrogen (secondary N) is 1. The minimum Gasteiger partial charge on any atom is -0.476 e. The summed E-state index contributed by atoms with van der Waals surface area (Å²) in [6.45, 7) is 1.54. The Morgan fingerprint density at radius 1 is 1.62 bits per heavy atom. The zero-order valence-electron chi connectivity index (χ0n) is 8.55. The van der Waals surface area contributed by atoms with Crippen LogP contribution in [0.4, 0.5) is 8.78 Å². The fourth-order valence-electron chi connectivity index (χ4n) is 2.78. The van der Waals surface area contributed by atoms with E-state index in [1.165, 1.54) is 0 Å². The molecule has 1 aromatic rings. The number of aromatic nitrogens is 2. The van der Waals surface area contributed by atoms with Gasteiger partial charge in [-0.3, -0.25) is 5.10 Å². The van der Waals surface area contributed by atoms with Crippen molar-refractivity contribution in [1.29, 1.82) is 0 Å². The van der Waals surface area contributed by atoms with E-state index in [0.29, 0.717) is 11.3 Å². The van der Waals surface area contributed by atoms with Gasteiger partial charge in [0.05, 0.1) is 0 Å². The van der Waals surface area contributed by atoms with Crippen LogP contribution in [-0.2, 0) is 12.8 Å². The summed E-state index contributed by atoms with van der Waals surface area (Å²) >= 11 is 0. The van der Waals surface area contributed by atoms with Gasteiger partial charge < -0.3 is 5.11 Å². The third-order valence-corrected chi connectivity index (χ3v) is 3.99. The van der Waals surface area contributed by atoms with Gasteiger partial charge in [0.25, 0.3) is 5.92 Å². The number of carboxylic acid groups (broad SMARTS) is 1. The smallest absolute Gasteiger partial charge is 0.356 e. The second-order valence-electron chi connectivity index (χ2n) is 4.81. The van der Waals surface area contributed by atoms with Gasteiger partial charge in [-0.05, 0) is 6.42 Å². The molecule has 2 aliphatic carbocycles. The number of nitrogens with zero attached hydrogens (tertiary/aromatic N) is 1. The average Bonchev–Trinajstić information content (AvgIpc) is 2.55. The monoisotopic (exact) mass is 228 g/mol. The highest BCUT2D eigenvalue weighted by Gasteiger charge is 2.78. The summed E-state index contributed by atoms with van der Waals surface area (Å²) in [4.78, 5) is 10.8. The lowest BCUT2D eigenvalue weighted by Crippen LogP contribution is -2.15. The Bertz CT molecular complexity index is 497. The van der Waals surface area contributed by atoms with E-state index in [1.807, 2.05) is 0 Å². The molecule has 1 heterocycles. The number of hydrogen-bond acceptors (Lipinski definition) is 2. The van der Waals surface area contributed by atoms with Crippen LogP contribution in [0, 0.1) is 11.3 Å². The van der Waals surface area contributed by atoms with Crippen molar-refractivity contribution in [3.63, 3.8) is 0 Å². The van der Waals surface area contributed by atoms with E-state index < -0.39 is 23.2 Å². The third-order valence-electron chi connectivity index (χ3n) is 3.99. The van der Waals surface area contributed by atoms with E-state index >= 15 is 0 Å². The molecule has 0 spiro atoms. The molecule has 1 fully saturated rings. The van der Waals surface area contributed by atoms with Crippen LogP contribution in [0.15, 0.2) is 0 Å². The van der Waals surface area contributed by atoms with Crippen LogP contribution in [0.2, 0.25) is 0 Å². The largest absolute Gasteiger partial charge is 0.476 e. The van der Waals surface area contributed by atoms with Gasteiger partial charge in [-0.2, -0.15) is 5.10 Å². The fourth-order valence-corrected chi connectivity index (χ4v) is 2.78. The van der Waals surface area contributed by atoms with Crippen LogP contribution < -0.4 is 0 Å². The molecule has 4 nitrogen and oxygen atoms in total. The summed E-state index contributed by atoms with van der Waals surface area (Å²) in [6, 6.07) is 0. The van der Waals surface area contributed by atoms with Crippen LogP contribution in [0.1, 0.15) is 28.7 Å². The van der Waals surface area contributed by atoms with Crippen molar-refractivity contribution in [2.45, 2.75) is 25.7 Å². The SMILES string of the molecule is C[C@@]12Cc3[nH]nc(C(=O)O)c3C[C@@H]1C2(F)F. The molecule has 0 unspecified atom stereocenters. The number of H-pyrrole nitrogens is 1. The van der Waals surface area contributed by atoms with E-state index in [2.05, 4.69) is 10.2 Å². The van der Waals surface area contributed by atoms with E-state index in [1.54, 1.807) is 6.92 Å². The number of rotatable bonds is 1. The lowest BCUT2D eigenvalue weighted by molar-refractivity contribution is 0.0627. The maximum Gasteiger partial charge on any atom is 0.356 e. The van der Waals surface area contributed by atoms with E-state index in [-0.39, 0.29) is 18.5 Å². The van der Waals surface area contributed by atoms with Gasteiger partial charge in [0.1, 0.15) is 0 Å². The Morgan fingerprint density at radius 2 is 2.31 bits per heavy atom. The molecule has 1 aromatic heterocycles.